The minimum atomic E-state index is 0.618. The summed E-state index contributed by atoms with van der Waals surface area (Å²) in [4.78, 5) is 12.4. The van der Waals surface area contributed by atoms with Gasteiger partial charge in [-0.2, -0.15) is 4.98 Å². The third-order valence-electron chi connectivity index (χ3n) is 2.11. The molecular formula is C10H14N6O. The average Bonchev–Trinajstić information content (AvgIpc) is 2.75. The van der Waals surface area contributed by atoms with Crippen LogP contribution in [0.4, 0.5) is 11.6 Å². The summed E-state index contributed by atoms with van der Waals surface area (Å²) in [5.41, 5.74) is 0. The highest BCUT2D eigenvalue weighted by atomic mass is 16.5. The van der Waals surface area contributed by atoms with Gasteiger partial charge in [-0.25, -0.2) is 4.98 Å². The Morgan fingerprint density at radius 3 is 2.76 bits per heavy atom. The number of aromatic nitrogens is 4. The van der Waals surface area contributed by atoms with E-state index in [9.17, 15) is 0 Å². The lowest BCUT2D eigenvalue weighted by Gasteiger charge is -2.04. The van der Waals surface area contributed by atoms with Crippen LogP contribution in [-0.2, 0) is 6.42 Å². The van der Waals surface area contributed by atoms with E-state index in [0.717, 1.165) is 5.82 Å². The Morgan fingerprint density at radius 2 is 2.06 bits per heavy atom. The summed E-state index contributed by atoms with van der Waals surface area (Å²) in [6, 6.07) is 0. The number of hydrogen-bond acceptors (Lipinski definition) is 7. The van der Waals surface area contributed by atoms with Crippen LogP contribution in [0.5, 0.6) is 0 Å². The number of nitrogens with zero attached hydrogens (tertiary/aromatic N) is 4. The fraction of sp³-hybridized carbons (Fsp3) is 0.400. The SMILES string of the molecule is CNc1cncc(NCCc2nc(C)no2)n1. The first-order chi connectivity index (χ1) is 8.28. The minimum absolute atomic E-state index is 0.618. The molecule has 0 fully saturated rings. The van der Waals surface area contributed by atoms with Crippen molar-refractivity contribution >= 4 is 11.6 Å². The van der Waals surface area contributed by atoms with Crippen molar-refractivity contribution in [1.29, 1.82) is 0 Å². The van der Waals surface area contributed by atoms with Gasteiger partial charge < -0.3 is 15.2 Å². The van der Waals surface area contributed by atoms with Gasteiger partial charge in [0.25, 0.3) is 0 Å². The predicted molar refractivity (Wildman–Crippen MR) is 62.8 cm³/mol. The van der Waals surface area contributed by atoms with E-state index < -0.39 is 0 Å². The molecule has 0 aromatic carbocycles. The lowest BCUT2D eigenvalue weighted by atomic mass is 10.4. The van der Waals surface area contributed by atoms with Gasteiger partial charge in [-0.3, -0.25) is 4.98 Å². The maximum Gasteiger partial charge on any atom is 0.228 e. The molecule has 7 heteroatoms. The van der Waals surface area contributed by atoms with Gasteiger partial charge in [-0.1, -0.05) is 5.16 Å². The molecule has 0 aliphatic rings. The normalized spacial score (nSPS) is 10.2. The van der Waals surface area contributed by atoms with Gasteiger partial charge in [0.15, 0.2) is 5.82 Å². The van der Waals surface area contributed by atoms with Crippen molar-refractivity contribution in [3.63, 3.8) is 0 Å². The van der Waals surface area contributed by atoms with Crippen LogP contribution in [0.15, 0.2) is 16.9 Å². The zero-order valence-electron chi connectivity index (χ0n) is 9.77. The van der Waals surface area contributed by atoms with Gasteiger partial charge in [-0.15, -0.1) is 0 Å². The Kier molecular flexibility index (Phi) is 3.49. The molecule has 2 rings (SSSR count). The quantitative estimate of drug-likeness (QED) is 0.793. The molecule has 0 saturated carbocycles. The highest BCUT2D eigenvalue weighted by Crippen LogP contribution is 2.05. The van der Waals surface area contributed by atoms with Crippen molar-refractivity contribution in [3.8, 4) is 0 Å². The molecule has 17 heavy (non-hydrogen) atoms. The maximum absolute atomic E-state index is 5.00. The van der Waals surface area contributed by atoms with Crippen LogP contribution in [0.2, 0.25) is 0 Å². The van der Waals surface area contributed by atoms with Gasteiger partial charge >= 0.3 is 0 Å². The van der Waals surface area contributed by atoms with Gasteiger partial charge in [-0.05, 0) is 6.92 Å². The topological polar surface area (TPSA) is 88.8 Å². The molecule has 0 unspecified atom stereocenters. The van der Waals surface area contributed by atoms with Crippen LogP contribution < -0.4 is 10.6 Å². The molecule has 2 N–H and O–H groups in total. The third-order valence-corrected chi connectivity index (χ3v) is 2.11. The van der Waals surface area contributed by atoms with Gasteiger partial charge in [0.05, 0.1) is 12.4 Å². The minimum Gasteiger partial charge on any atom is -0.372 e. The molecule has 0 atom stereocenters. The van der Waals surface area contributed by atoms with E-state index in [-0.39, 0.29) is 0 Å². The standard InChI is InChI=1S/C10H14N6O/c1-7-14-10(17-16-7)3-4-13-9-6-12-5-8(11-2)15-9/h5-6H,3-4H2,1-2H3,(H2,11,13,15). The Hall–Kier alpha value is -2.18. The summed E-state index contributed by atoms with van der Waals surface area (Å²) in [5, 5.41) is 9.78. The fourth-order valence-corrected chi connectivity index (χ4v) is 1.31. The number of rotatable bonds is 5. The van der Waals surface area contributed by atoms with Crippen LogP contribution in [0.25, 0.3) is 0 Å². The molecule has 2 aromatic heterocycles. The van der Waals surface area contributed by atoms with Crippen molar-refractivity contribution in [2.24, 2.45) is 0 Å². The third kappa shape index (κ3) is 3.13. The van der Waals surface area contributed by atoms with E-state index >= 15 is 0 Å². The van der Waals surface area contributed by atoms with Crippen molar-refractivity contribution in [2.45, 2.75) is 13.3 Å². The van der Waals surface area contributed by atoms with Crippen LogP contribution in [0, 0.1) is 6.92 Å². The first-order valence-electron chi connectivity index (χ1n) is 5.31. The molecule has 0 bridgehead atoms. The van der Waals surface area contributed by atoms with E-state index in [1.54, 1.807) is 26.4 Å². The predicted octanol–water partition coefficient (Wildman–Crippen LogP) is 0.864. The molecule has 2 aromatic rings. The van der Waals surface area contributed by atoms with Crippen LogP contribution in [0.1, 0.15) is 11.7 Å². The second kappa shape index (κ2) is 5.24. The van der Waals surface area contributed by atoms with Crippen molar-refractivity contribution in [2.75, 3.05) is 24.2 Å². The molecule has 2 heterocycles. The number of hydrogen-bond donors (Lipinski definition) is 2. The molecule has 0 saturated heterocycles. The molecule has 0 aliphatic carbocycles. The molecule has 0 aliphatic heterocycles. The zero-order chi connectivity index (χ0) is 12.1. The Balaban J connectivity index is 1.85. The largest absolute Gasteiger partial charge is 0.372 e. The Labute approximate surface area is 98.7 Å². The molecule has 90 valence electrons. The number of anilines is 2. The molecule has 0 radical (unpaired) electrons. The summed E-state index contributed by atoms with van der Waals surface area (Å²) in [6.07, 6.45) is 3.98. The summed E-state index contributed by atoms with van der Waals surface area (Å²) in [7, 11) is 1.80. The van der Waals surface area contributed by atoms with Gasteiger partial charge in [0.2, 0.25) is 5.89 Å². The van der Waals surface area contributed by atoms with Gasteiger partial charge in [0.1, 0.15) is 11.6 Å². The monoisotopic (exact) mass is 234 g/mol. The molecule has 0 spiro atoms. The number of nitrogens with one attached hydrogen (secondary N) is 2. The Morgan fingerprint density at radius 1 is 1.24 bits per heavy atom. The lowest BCUT2D eigenvalue weighted by molar-refractivity contribution is 0.377. The van der Waals surface area contributed by atoms with Gasteiger partial charge in [0, 0.05) is 20.0 Å². The smallest absolute Gasteiger partial charge is 0.228 e. The molecular weight excluding hydrogens is 220 g/mol. The van der Waals surface area contributed by atoms with E-state index in [1.165, 1.54) is 0 Å². The second-order valence-electron chi connectivity index (χ2n) is 3.45. The maximum atomic E-state index is 5.00. The van der Waals surface area contributed by atoms with E-state index in [1.807, 2.05) is 0 Å². The summed E-state index contributed by atoms with van der Waals surface area (Å²) in [5.74, 6) is 2.71. The Bertz CT molecular complexity index is 483. The lowest BCUT2D eigenvalue weighted by Crippen LogP contribution is -2.07. The van der Waals surface area contributed by atoms with Crippen LogP contribution >= 0.6 is 0 Å². The number of aryl methyl sites for hydroxylation is 1. The van der Waals surface area contributed by atoms with E-state index in [4.69, 9.17) is 4.52 Å². The first kappa shape index (κ1) is 11.3. The fourth-order valence-electron chi connectivity index (χ4n) is 1.31. The highest BCUT2D eigenvalue weighted by molar-refractivity contribution is 5.40. The molecule has 0 amide bonds. The van der Waals surface area contributed by atoms with Crippen LogP contribution in [-0.4, -0.2) is 33.7 Å². The van der Waals surface area contributed by atoms with E-state index in [0.29, 0.717) is 30.5 Å². The van der Waals surface area contributed by atoms with Crippen molar-refractivity contribution in [1.82, 2.24) is 20.1 Å². The second-order valence-corrected chi connectivity index (χ2v) is 3.45. The summed E-state index contributed by atoms with van der Waals surface area (Å²) in [6.45, 7) is 2.46. The highest BCUT2D eigenvalue weighted by Gasteiger charge is 2.02. The average molecular weight is 234 g/mol. The first-order valence-corrected chi connectivity index (χ1v) is 5.31. The molecule has 7 nitrogen and oxygen atoms in total. The van der Waals surface area contributed by atoms with Crippen molar-refractivity contribution in [3.05, 3.63) is 24.1 Å². The summed E-state index contributed by atoms with van der Waals surface area (Å²) >= 11 is 0. The van der Waals surface area contributed by atoms with Crippen molar-refractivity contribution < 1.29 is 4.52 Å². The van der Waals surface area contributed by atoms with E-state index in [2.05, 4.69) is 30.7 Å². The summed E-state index contributed by atoms with van der Waals surface area (Å²) < 4.78 is 5.00. The zero-order valence-corrected chi connectivity index (χ0v) is 9.77. The van der Waals surface area contributed by atoms with Crippen LogP contribution in [0.3, 0.4) is 0 Å².